The van der Waals surface area contributed by atoms with Crippen LogP contribution in [-0.2, 0) is 14.8 Å². The van der Waals surface area contributed by atoms with Gasteiger partial charge in [-0.1, -0.05) is 53.0 Å². The van der Waals surface area contributed by atoms with Crippen molar-refractivity contribution >= 4 is 44.8 Å². The van der Waals surface area contributed by atoms with Gasteiger partial charge < -0.3 is 14.8 Å². The maximum atomic E-state index is 13.5. The summed E-state index contributed by atoms with van der Waals surface area (Å²) in [4.78, 5) is 12.9. The molecule has 0 spiro atoms. The van der Waals surface area contributed by atoms with Gasteiger partial charge in [-0.25, -0.2) is 8.42 Å². The van der Waals surface area contributed by atoms with Gasteiger partial charge in [0.05, 0.1) is 22.2 Å². The number of rotatable bonds is 7. The number of para-hydroxylation sites is 2. The minimum atomic E-state index is -4.11. The fourth-order valence-electron chi connectivity index (χ4n) is 3.39. The van der Waals surface area contributed by atoms with Crippen LogP contribution in [0.3, 0.4) is 0 Å². The van der Waals surface area contributed by atoms with Crippen LogP contribution in [0.15, 0.2) is 71.6 Å². The molecule has 34 heavy (non-hydrogen) atoms. The molecular formula is C24H22Cl2N2O5S. The number of nitrogens with one attached hydrogen (secondary N) is 1. The molecule has 10 heteroatoms. The molecule has 178 valence electrons. The van der Waals surface area contributed by atoms with Crippen LogP contribution in [0.5, 0.6) is 11.5 Å². The van der Waals surface area contributed by atoms with Crippen molar-refractivity contribution in [3.63, 3.8) is 0 Å². The summed E-state index contributed by atoms with van der Waals surface area (Å²) in [6.07, 6.45) is -0.421. The summed E-state index contributed by atoms with van der Waals surface area (Å²) in [7, 11) is -4.11. The molecule has 1 aliphatic heterocycles. The van der Waals surface area contributed by atoms with Crippen LogP contribution < -0.4 is 19.1 Å². The van der Waals surface area contributed by atoms with E-state index >= 15 is 0 Å². The first kappa shape index (κ1) is 24.2. The Morgan fingerprint density at radius 1 is 1.06 bits per heavy atom. The quantitative estimate of drug-likeness (QED) is 0.497. The van der Waals surface area contributed by atoms with Crippen molar-refractivity contribution < 1.29 is 22.7 Å². The third-order valence-corrected chi connectivity index (χ3v) is 7.50. The highest BCUT2D eigenvalue weighted by molar-refractivity contribution is 7.92. The zero-order chi connectivity index (χ0) is 24.3. The number of nitrogens with zero attached hydrogens (tertiary/aromatic N) is 1. The largest absolute Gasteiger partial charge is 0.486 e. The first-order valence-corrected chi connectivity index (χ1v) is 12.6. The third-order valence-electron chi connectivity index (χ3n) is 5.17. The number of sulfonamides is 1. The second-order valence-corrected chi connectivity index (χ2v) is 10.4. The van der Waals surface area contributed by atoms with Gasteiger partial charge in [-0.05, 0) is 49.4 Å². The first-order chi connectivity index (χ1) is 16.2. The fourth-order valence-corrected chi connectivity index (χ4v) is 5.26. The molecule has 0 fully saturated rings. The lowest BCUT2D eigenvalue weighted by Crippen LogP contribution is -2.45. The molecule has 0 saturated heterocycles. The Labute approximate surface area is 208 Å². The summed E-state index contributed by atoms with van der Waals surface area (Å²) in [6.45, 7) is 1.74. The predicted octanol–water partition coefficient (Wildman–Crippen LogP) is 4.45. The van der Waals surface area contributed by atoms with Gasteiger partial charge in [0, 0.05) is 5.02 Å². The van der Waals surface area contributed by atoms with Crippen LogP contribution in [0.2, 0.25) is 10.0 Å². The van der Waals surface area contributed by atoms with Gasteiger partial charge in [0.2, 0.25) is 5.91 Å². The SMILES string of the molecule is Cc1ccc(S(=O)(=O)N(CC(=O)NC[C@H]2COc3ccccc3O2)c2cc(Cl)ccc2Cl)cc1. The molecule has 0 unspecified atom stereocenters. The van der Waals surface area contributed by atoms with Crippen molar-refractivity contribution in [2.24, 2.45) is 0 Å². The molecule has 0 saturated carbocycles. The number of anilines is 1. The highest BCUT2D eigenvalue weighted by atomic mass is 35.5. The van der Waals surface area contributed by atoms with Gasteiger partial charge >= 0.3 is 0 Å². The number of carbonyl (C=O) groups is 1. The first-order valence-electron chi connectivity index (χ1n) is 10.4. The van der Waals surface area contributed by atoms with Crippen LogP contribution in [0.25, 0.3) is 0 Å². The smallest absolute Gasteiger partial charge is 0.264 e. The van der Waals surface area contributed by atoms with Crippen molar-refractivity contribution in [1.82, 2.24) is 5.32 Å². The standard InChI is InChI=1S/C24H22Cl2N2O5S/c1-16-6-9-19(10-7-16)34(30,31)28(21-12-17(25)8-11-20(21)26)14-24(29)27-13-18-15-32-22-4-2-3-5-23(22)33-18/h2-12,18H,13-15H2,1H3,(H,27,29)/t18-/m0/s1. The van der Waals surface area contributed by atoms with E-state index in [4.69, 9.17) is 32.7 Å². The minimum Gasteiger partial charge on any atom is -0.486 e. The van der Waals surface area contributed by atoms with Gasteiger partial charge in [-0.2, -0.15) is 0 Å². The molecule has 1 heterocycles. The number of hydrogen-bond acceptors (Lipinski definition) is 5. The Morgan fingerprint density at radius 2 is 1.76 bits per heavy atom. The Hall–Kier alpha value is -2.94. The molecule has 0 bridgehead atoms. The van der Waals surface area contributed by atoms with Crippen molar-refractivity contribution in [3.8, 4) is 11.5 Å². The van der Waals surface area contributed by atoms with E-state index in [0.717, 1.165) is 9.87 Å². The van der Waals surface area contributed by atoms with Gasteiger partial charge in [-0.15, -0.1) is 0 Å². The van der Waals surface area contributed by atoms with E-state index in [1.807, 2.05) is 19.1 Å². The maximum Gasteiger partial charge on any atom is 0.264 e. The second-order valence-electron chi connectivity index (χ2n) is 7.72. The summed E-state index contributed by atoms with van der Waals surface area (Å²) in [6, 6.07) is 18.0. The number of hydrogen-bond donors (Lipinski definition) is 1. The molecule has 7 nitrogen and oxygen atoms in total. The van der Waals surface area contributed by atoms with Crippen LogP contribution in [-0.4, -0.2) is 40.1 Å². The Kier molecular flexibility index (Phi) is 7.21. The van der Waals surface area contributed by atoms with Gasteiger partial charge in [0.15, 0.2) is 11.5 Å². The number of aryl methyl sites for hydroxylation is 1. The molecular weight excluding hydrogens is 499 g/mol. The van der Waals surface area contributed by atoms with E-state index < -0.39 is 28.6 Å². The second kappa shape index (κ2) is 10.1. The van der Waals surface area contributed by atoms with Crippen LogP contribution in [0.4, 0.5) is 5.69 Å². The number of fused-ring (bicyclic) bond motifs is 1. The van der Waals surface area contributed by atoms with E-state index in [1.165, 1.54) is 24.3 Å². The molecule has 4 rings (SSSR count). The third kappa shape index (κ3) is 5.41. The molecule has 0 aliphatic carbocycles. The molecule has 3 aromatic rings. The predicted molar refractivity (Wildman–Crippen MR) is 132 cm³/mol. The van der Waals surface area contributed by atoms with E-state index in [9.17, 15) is 13.2 Å². The lowest BCUT2D eigenvalue weighted by atomic mass is 10.2. The van der Waals surface area contributed by atoms with Gasteiger partial charge in [0.1, 0.15) is 19.3 Å². The number of ether oxygens (including phenoxy) is 2. The lowest BCUT2D eigenvalue weighted by Gasteiger charge is -2.28. The lowest BCUT2D eigenvalue weighted by molar-refractivity contribution is -0.120. The molecule has 1 atom stereocenters. The van der Waals surface area contributed by atoms with Crippen LogP contribution in [0, 0.1) is 6.92 Å². The summed E-state index contributed by atoms with van der Waals surface area (Å²) < 4.78 is 39.4. The van der Waals surface area contributed by atoms with Crippen molar-refractivity contribution in [2.75, 3.05) is 24.0 Å². The molecule has 1 N–H and O–H groups in total. The normalized spacial score (nSPS) is 15.0. The summed E-state index contributed by atoms with van der Waals surface area (Å²) in [5.74, 6) is 0.688. The number of carbonyl (C=O) groups excluding carboxylic acids is 1. The zero-order valence-corrected chi connectivity index (χ0v) is 20.5. The zero-order valence-electron chi connectivity index (χ0n) is 18.2. The van der Waals surface area contributed by atoms with E-state index in [0.29, 0.717) is 11.5 Å². The van der Waals surface area contributed by atoms with Crippen LogP contribution >= 0.6 is 23.2 Å². The van der Waals surface area contributed by atoms with Crippen molar-refractivity contribution in [1.29, 1.82) is 0 Å². The highest BCUT2D eigenvalue weighted by Crippen LogP contribution is 2.33. The minimum absolute atomic E-state index is 0.0302. The fraction of sp³-hybridized carbons (Fsp3) is 0.208. The molecule has 1 aliphatic rings. The van der Waals surface area contributed by atoms with Crippen molar-refractivity contribution in [2.45, 2.75) is 17.9 Å². The van der Waals surface area contributed by atoms with E-state index in [1.54, 1.807) is 30.3 Å². The van der Waals surface area contributed by atoms with Gasteiger partial charge in [0.25, 0.3) is 10.0 Å². The van der Waals surface area contributed by atoms with Crippen LogP contribution in [0.1, 0.15) is 5.56 Å². The summed E-state index contributed by atoms with van der Waals surface area (Å²) in [5.41, 5.74) is 1.01. The maximum absolute atomic E-state index is 13.5. The number of halogens is 2. The number of amides is 1. The molecule has 3 aromatic carbocycles. The summed E-state index contributed by atoms with van der Waals surface area (Å²) >= 11 is 12.4. The topological polar surface area (TPSA) is 84.9 Å². The van der Waals surface area contributed by atoms with E-state index in [2.05, 4.69) is 5.32 Å². The van der Waals surface area contributed by atoms with Crippen molar-refractivity contribution in [3.05, 3.63) is 82.3 Å². The Balaban J connectivity index is 1.53. The van der Waals surface area contributed by atoms with Gasteiger partial charge in [-0.3, -0.25) is 9.10 Å². The average Bonchev–Trinajstić information content (AvgIpc) is 2.83. The molecule has 1 amide bonds. The Bertz CT molecular complexity index is 1300. The summed E-state index contributed by atoms with van der Waals surface area (Å²) in [5, 5.41) is 3.16. The molecule has 0 aromatic heterocycles. The molecule has 0 radical (unpaired) electrons. The monoisotopic (exact) mass is 520 g/mol. The highest BCUT2D eigenvalue weighted by Gasteiger charge is 2.29. The number of benzene rings is 3. The Morgan fingerprint density at radius 3 is 2.50 bits per heavy atom. The average molecular weight is 521 g/mol. The van der Waals surface area contributed by atoms with E-state index in [-0.39, 0.29) is 33.8 Å².